The molecule has 0 bridgehead atoms. The highest BCUT2D eigenvalue weighted by Gasteiger charge is 2.30. The summed E-state index contributed by atoms with van der Waals surface area (Å²) in [5, 5.41) is 11.7. The molecule has 1 aromatic heterocycles. The maximum atomic E-state index is 12.4. The third-order valence-electron chi connectivity index (χ3n) is 5.22. The van der Waals surface area contributed by atoms with Crippen LogP contribution in [0.5, 0.6) is 0 Å². The number of nitrogens with zero attached hydrogens (tertiary/aromatic N) is 4. The fourth-order valence-electron chi connectivity index (χ4n) is 3.97. The SMILES string of the molecule is O=C(NC[C@H]1CCCO1)N1CCC[C@H](c2nnc3n2CCC3)C1. The minimum Gasteiger partial charge on any atom is -0.376 e. The molecule has 0 spiro atoms. The summed E-state index contributed by atoms with van der Waals surface area (Å²) in [4.78, 5) is 14.4. The minimum absolute atomic E-state index is 0.0337. The number of fused-ring (bicyclic) bond motifs is 1. The van der Waals surface area contributed by atoms with Crippen LogP contribution in [0, 0.1) is 0 Å². The molecule has 3 aliphatic heterocycles. The van der Waals surface area contributed by atoms with Crippen LogP contribution in [-0.4, -0.2) is 58.0 Å². The van der Waals surface area contributed by atoms with Gasteiger partial charge in [-0.05, 0) is 32.1 Å². The molecule has 1 aromatic rings. The Kier molecular flexibility index (Phi) is 4.20. The van der Waals surface area contributed by atoms with Crippen LogP contribution in [0.3, 0.4) is 0 Å². The second-order valence-electron chi connectivity index (χ2n) is 6.84. The van der Waals surface area contributed by atoms with Crippen LogP contribution in [0.25, 0.3) is 0 Å². The molecule has 2 atom stereocenters. The van der Waals surface area contributed by atoms with E-state index in [0.29, 0.717) is 12.5 Å². The molecule has 2 amide bonds. The molecule has 0 radical (unpaired) electrons. The van der Waals surface area contributed by atoms with Crippen molar-refractivity contribution in [3.63, 3.8) is 0 Å². The first-order valence-electron chi connectivity index (χ1n) is 8.87. The number of amides is 2. The van der Waals surface area contributed by atoms with Crippen molar-refractivity contribution in [1.29, 1.82) is 0 Å². The summed E-state index contributed by atoms with van der Waals surface area (Å²) >= 11 is 0. The van der Waals surface area contributed by atoms with Gasteiger partial charge < -0.3 is 19.5 Å². The first-order valence-corrected chi connectivity index (χ1v) is 8.87. The van der Waals surface area contributed by atoms with E-state index in [9.17, 15) is 4.79 Å². The zero-order valence-corrected chi connectivity index (χ0v) is 13.5. The van der Waals surface area contributed by atoms with Crippen molar-refractivity contribution in [1.82, 2.24) is 25.0 Å². The molecule has 2 saturated heterocycles. The second-order valence-corrected chi connectivity index (χ2v) is 6.84. The average Bonchev–Trinajstić information content (AvgIpc) is 3.30. The van der Waals surface area contributed by atoms with Gasteiger partial charge in [-0.3, -0.25) is 0 Å². The van der Waals surface area contributed by atoms with Gasteiger partial charge in [0.2, 0.25) is 0 Å². The number of nitrogens with one attached hydrogen (secondary N) is 1. The highest BCUT2D eigenvalue weighted by atomic mass is 16.5. The molecule has 2 fully saturated rings. The van der Waals surface area contributed by atoms with Crippen molar-refractivity contribution in [2.75, 3.05) is 26.2 Å². The topological polar surface area (TPSA) is 72.3 Å². The number of aromatic nitrogens is 3. The summed E-state index contributed by atoms with van der Waals surface area (Å²) in [5.41, 5.74) is 0. The van der Waals surface area contributed by atoms with Gasteiger partial charge in [0.05, 0.1) is 6.10 Å². The van der Waals surface area contributed by atoms with Crippen molar-refractivity contribution in [2.24, 2.45) is 0 Å². The average molecular weight is 319 g/mol. The maximum absolute atomic E-state index is 12.4. The Hall–Kier alpha value is -1.63. The second kappa shape index (κ2) is 6.47. The molecule has 0 aliphatic carbocycles. The lowest BCUT2D eigenvalue weighted by Gasteiger charge is -2.32. The molecule has 3 aliphatic rings. The van der Waals surface area contributed by atoms with Gasteiger partial charge in [0.1, 0.15) is 11.6 Å². The molecular formula is C16H25N5O2. The Bertz CT molecular complexity index is 567. The summed E-state index contributed by atoms with van der Waals surface area (Å²) in [6.07, 6.45) is 6.66. The lowest BCUT2D eigenvalue weighted by molar-refractivity contribution is 0.107. The van der Waals surface area contributed by atoms with E-state index in [1.54, 1.807) is 0 Å². The lowest BCUT2D eigenvalue weighted by atomic mass is 9.97. The summed E-state index contributed by atoms with van der Waals surface area (Å²) in [6, 6.07) is 0.0337. The Labute approximate surface area is 136 Å². The number of aryl methyl sites for hydroxylation is 1. The molecule has 0 saturated carbocycles. The first-order chi connectivity index (χ1) is 11.3. The molecule has 126 valence electrons. The van der Waals surface area contributed by atoms with Crippen LogP contribution in [0.1, 0.15) is 49.7 Å². The third-order valence-corrected chi connectivity index (χ3v) is 5.22. The van der Waals surface area contributed by atoms with E-state index in [0.717, 1.165) is 76.4 Å². The summed E-state index contributed by atoms with van der Waals surface area (Å²) < 4.78 is 7.83. The summed E-state index contributed by atoms with van der Waals surface area (Å²) in [5.74, 6) is 2.51. The number of ether oxygens (including phenoxy) is 1. The van der Waals surface area contributed by atoms with Crippen LogP contribution >= 0.6 is 0 Å². The van der Waals surface area contributed by atoms with Gasteiger partial charge in [0.15, 0.2) is 0 Å². The van der Waals surface area contributed by atoms with E-state index in [1.165, 1.54) is 0 Å². The quantitative estimate of drug-likeness (QED) is 0.911. The van der Waals surface area contributed by atoms with Gasteiger partial charge in [0, 0.05) is 45.1 Å². The number of rotatable bonds is 3. The fraction of sp³-hybridized carbons (Fsp3) is 0.812. The molecule has 0 aromatic carbocycles. The molecule has 0 unspecified atom stereocenters. The molecule has 7 heteroatoms. The van der Waals surface area contributed by atoms with Crippen molar-refractivity contribution in [3.8, 4) is 0 Å². The predicted molar refractivity (Wildman–Crippen MR) is 84.3 cm³/mol. The number of likely N-dealkylation sites (tertiary alicyclic amines) is 1. The zero-order valence-electron chi connectivity index (χ0n) is 13.5. The fourth-order valence-corrected chi connectivity index (χ4v) is 3.97. The van der Waals surface area contributed by atoms with Crippen LogP contribution in [0.2, 0.25) is 0 Å². The first kappa shape index (κ1) is 14.9. The molecule has 7 nitrogen and oxygen atoms in total. The molecule has 4 rings (SSSR count). The normalized spacial score (nSPS) is 27.2. The van der Waals surface area contributed by atoms with Crippen molar-refractivity contribution >= 4 is 6.03 Å². The Balaban J connectivity index is 1.35. The summed E-state index contributed by atoms with van der Waals surface area (Å²) in [7, 11) is 0. The van der Waals surface area contributed by atoms with Gasteiger partial charge in [-0.25, -0.2) is 4.79 Å². The van der Waals surface area contributed by atoms with E-state index >= 15 is 0 Å². The molecule has 1 N–H and O–H groups in total. The van der Waals surface area contributed by atoms with Gasteiger partial charge in [0.25, 0.3) is 0 Å². The summed E-state index contributed by atoms with van der Waals surface area (Å²) in [6.45, 7) is 4.05. The Morgan fingerprint density at radius 2 is 2.17 bits per heavy atom. The predicted octanol–water partition coefficient (Wildman–Crippen LogP) is 1.29. The van der Waals surface area contributed by atoms with E-state index < -0.39 is 0 Å². The zero-order chi connectivity index (χ0) is 15.6. The maximum Gasteiger partial charge on any atom is 0.317 e. The smallest absolute Gasteiger partial charge is 0.317 e. The largest absolute Gasteiger partial charge is 0.376 e. The minimum atomic E-state index is 0.0337. The van der Waals surface area contributed by atoms with Crippen molar-refractivity contribution in [2.45, 2.75) is 57.1 Å². The Morgan fingerprint density at radius 1 is 1.22 bits per heavy atom. The molecule has 4 heterocycles. The van der Waals surface area contributed by atoms with E-state index in [-0.39, 0.29) is 12.1 Å². The van der Waals surface area contributed by atoms with Gasteiger partial charge in [-0.15, -0.1) is 10.2 Å². The molecule has 23 heavy (non-hydrogen) atoms. The standard InChI is InChI=1S/C16H25N5O2/c22-16(17-10-13-5-3-9-23-13)20-7-1-4-12(11-20)15-19-18-14-6-2-8-21(14)15/h12-13H,1-11H2,(H,17,22)/t12-,13+/m0/s1. The number of hydrogen-bond donors (Lipinski definition) is 1. The van der Waals surface area contributed by atoms with Gasteiger partial charge >= 0.3 is 6.03 Å². The highest BCUT2D eigenvalue weighted by molar-refractivity contribution is 5.74. The number of hydrogen-bond acceptors (Lipinski definition) is 4. The Morgan fingerprint density at radius 3 is 3.04 bits per heavy atom. The van der Waals surface area contributed by atoms with Crippen LogP contribution in [-0.2, 0) is 17.7 Å². The van der Waals surface area contributed by atoms with Crippen LogP contribution in [0.4, 0.5) is 4.79 Å². The highest BCUT2D eigenvalue weighted by Crippen LogP contribution is 2.28. The number of carbonyl (C=O) groups is 1. The number of piperidine rings is 1. The lowest BCUT2D eigenvalue weighted by Crippen LogP contribution is -2.47. The van der Waals surface area contributed by atoms with E-state index in [1.807, 2.05) is 4.90 Å². The van der Waals surface area contributed by atoms with Crippen molar-refractivity contribution in [3.05, 3.63) is 11.6 Å². The third kappa shape index (κ3) is 3.06. The van der Waals surface area contributed by atoms with E-state index in [4.69, 9.17) is 4.74 Å². The monoisotopic (exact) mass is 319 g/mol. The molecular weight excluding hydrogens is 294 g/mol. The van der Waals surface area contributed by atoms with Gasteiger partial charge in [-0.2, -0.15) is 0 Å². The van der Waals surface area contributed by atoms with Crippen LogP contribution < -0.4 is 5.32 Å². The number of urea groups is 1. The van der Waals surface area contributed by atoms with Crippen molar-refractivity contribution < 1.29 is 9.53 Å². The number of carbonyl (C=O) groups excluding carboxylic acids is 1. The van der Waals surface area contributed by atoms with Crippen LogP contribution in [0.15, 0.2) is 0 Å². The van der Waals surface area contributed by atoms with Gasteiger partial charge in [-0.1, -0.05) is 0 Å². The van der Waals surface area contributed by atoms with E-state index in [2.05, 4.69) is 20.1 Å².